The Morgan fingerprint density at radius 3 is 2.48 bits per heavy atom. The van der Waals surface area contributed by atoms with Crippen molar-refractivity contribution in [3.63, 3.8) is 0 Å². The van der Waals surface area contributed by atoms with Gasteiger partial charge < -0.3 is 4.74 Å². The van der Waals surface area contributed by atoms with Crippen molar-refractivity contribution in [3.05, 3.63) is 76.6 Å². The highest BCUT2D eigenvalue weighted by Crippen LogP contribution is 2.35. The van der Waals surface area contributed by atoms with Gasteiger partial charge in [-0.3, -0.25) is 0 Å². The van der Waals surface area contributed by atoms with Crippen molar-refractivity contribution < 1.29 is 9.53 Å². The van der Waals surface area contributed by atoms with Crippen LogP contribution in [0.15, 0.2) is 66.7 Å². The van der Waals surface area contributed by atoms with E-state index in [0.717, 1.165) is 20.9 Å². The van der Waals surface area contributed by atoms with Crippen LogP contribution in [0.25, 0.3) is 20.9 Å². The van der Waals surface area contributed by atoms with Crippen LogP contribution in [-0.4, -0.2) is 5.97 Å². The van der Waals surface area contributed by atoms with Crippen molar-refractivity contribution in [1.29, 1.82) is 0 Å². The molecule has 1 aromatic heterocycles. The number of esters is 1. The lowest BCUT2D eigenvalue weighted by Crippen LogP contribution is -2.06. The van der Waals surface area contributed by atoms with Gasteiger partial charge in [-0.25, -0.2) is 4.79 Å². The number of carbonyl (C=O) groups excluding carboxylic acids is 1. The lowest BCUT2D eigenvalue weighted by atomic mass is 10.1. The van der Waals surface area contributed by atoms with Crippen LogP contribution in [0, 0.1) is 0 Å². The molecule has 0 fully saturated rings. The fraction of sp³-hybridized carbons (Fsp3) is 0. The van der Waals surface area contributed by atoms with E-state index >= 15 is 0 Å². The van der Waals surface area contributed by atoms with Gasteiger partial charge in [0, 0.05) is 10.1 Å². The summed E-state index contributed by atoms with van der Waals surface area (Å²) in [6.07, 6.45) is 0. The van der Waals surface area contributed by atoms with E-state index in [2.05, 4.69) is 0 Å². The predicted octanol–water partition coefficient (Wildman–Crippen LogP) is 5.93. The fourth-order valence-corrected chi connectivity index (χ4v) is 3.91. The fourth-order valence-electron chi connectivity index (χ4n) is 2.53. The summed E-state index contributed by atoms with van der Waals surface area (Å²) < 4.78 is 6.48. The van der Waals surface area contributed by atoms with Crippen LogP contribution in [0.1, 0.15) is 9.67 Å². The van der Waals surface area contributed by atoms with E-state index in [1.807, 2.05) is 60.7 Å². The zero-order valence-corrected chi connectivity index (χ0v) is 13.5. The van der Waals surface area contributed by atoms with Gasteiger partial charge in [0.15, 0.2) is 0 Å². The molecule has 2 nitrogen and oxygen atoms in total. The standard InChI is InChI=1S/C19H11ClO2S/c20-17-15-7-3-4-8-16(15)23-18(17)19(21)22-14-10-9-12-5-1-2-6-13(12)11-14/h1-11H. The number of carbonyl (C=O) groups is 1. The number of halogens is 1. The number of benzene rings is 3. The number of ether oxygens (including phenoxy) is 1. The van der Waals surface area contributed by atoms with E-state index in [0.29, 0.717) is 15.6 Å². The molecule has 0 bridgehead atoms. The van der Waals surface area contributed by atoms with E-state index in [-0.39, 0.29) is 0 Å². The van der Waals surface area contributed by atoms with Gasteiger partial charge in [0.25, 0.3) is 0 Å². The summed E-state index contributed by atoms with van der Waals surface area (Å²) in [7, 11) is 0. The molecule has 4 rings (SSSR count). The van der Waals surface area contributed by atoms with Gasteiger partial charge >= 0.3 is 5.97 Å². The first-order chi connectivity index (χ1) is 11.2. The van der Waals surface area contributed by atoms with Crippen molar-refractivity contribution in [2.45, 2.75) is 0 Å². The summed E-state index contributed by atoms with van der Waals surface area (Å²) >= 11 is 7.67. The third-order valence-corrected chi connectivity index (χ3v) is 5.31. The van der Waals surface area contributed by atoms with E-state index in [1.54, 1.807) is 6.07 Å². The number of rotatable bonds is 2. The quantitative estimate of drug-likeness (QED) is 0.334. The first-order valence-corrected chi connectivity index (χ1v) is 8.30. The Morgan fingerprint density at radius 2 is 1.65 bits per heavy atom. The van der Waals surface area contributed by atoms with Crippen molar-refractivity contribution in [2.75, 3.05) is 0 Å². The van der Waals surface area contributed by atoms with Gasteiger partial charge in [-0.15, -0.1) is 11.3 Å². The van der Waals surface area contributed by atoms with Crippen molar-refractivity contribution >= 4 is 49.8 Å². The molecule has 112 valence electrons. The van der Waals surface area contributed by atoms with Crippen LogP contribution >= 0.6 is 22.9 Å². The minimum atomic E-state index is -0.425. The third-order valence-electron chi connectivity index (χ3n) is 3.65. The molecule has 0 aliphatic heterocycles. The van der Waals surface area contributed by atoms with E-state index in [9.17, 15) is 4.79 Å². The molecule has 0 aliphatic carbocycles. The molecule has 4 heteroatoms. The number of hydrogen-bond donors (Lipinski definition) is 0. The Kier molecular flexibility index (Phi) is 3.52. The molecule has 4 aromatic rings. The lowest BCUT2D eigenvalue weighted by molar-refractivity contribution is 0.0740. The second-order valence-corrected chi connectivity index (χ2v) is 6.57. The van der Waals surface area contributed by atoms with E-state index in [4.69, 9.17) is 16.3 Å². The smallest absolute Gasteiger partial charge is 0.355 e. The van der Waals surface area contributed by atoms with Crippen LogP contribution in [0.2, 0.25) is 5.02 Å². The van der Waals surface area contributed by atoms with E-state index < -0.39 is 5.97 Å². The van der Waals surface area contributed by atoms with Gasteiger partial charge in [-0.1, -0.05) is 60.1 Å². The zero-order chi connectivity index (χ0) is 15.8. The summed E-state index contributed by atoms with van der Waals surface area (Å²) in [5, 5.41) is 3.47. The highest BCUT2D eigenvalue weighted by atomic mass is 35.5. The number of fused-ring (bicyclic) bond motifs is 2. The molecule has 0 atom stereocenters. The molecule has 0 unspecified atom stereocenters. The normalized spacial score (nSPS) is 11.0. The molecular formula is C19H11ClO2S. The first kappa shape index (κ1) is 14.2. The molecule has 0 saturated carbocycles. The average molecular weight is 339 g/mol. The summed E-state index contributed by atoms with van der Waals surface area (Å²) in [6.45, 7) is 0. The maximum Gasteiger partial charge on any atom is 0.355 e. The van der Waals surface area contributed by atoms with Crippen molar-refractivity contribution in [2.24, 2.45) is 0 Å². The van der Waals surface area contributed by atoms with Crippen LogP contribution in [0.3, 0.4) is 0 Å². The molecular weight excluding hydrogens is 328 g/mol. The molecule has 0 amide bonds. The third kappa shape index (κ3) is 2.58. The van der Waals surface area contributed by atoms with Crippen LogP contribution < -0.4 is 4.74 Å². The summed E-state index contributed by atoms with van der Waals surface area (Å²) in [6, 6.07) is 21.2. The number of hydrogen-bond acceptors (Lipinski definition) is 3. The van der Waals surface area contributed by atoms with Gasteiger partial charge in [-0.05, 0) is 29.0 Å². The summed E-state index contributed by atoms with van der Waals surface area (Å²) in [5.41, 5.74) is 0. The Hall–Kier alpha value is -2.36. The molecule has 3 aromatic carbocycles. The summed E-state index contributed by atoms with van der Waals surface area (Å²) in [5.74, 6) is 0.0914. The molecule has 0 saturated heterocycles. The van der Waals surface area contributed by atoms with Gasteiger partial charge in [0.2, 0.25) is 0 Å². The average Bonchev–Trinajstić information content (AvgIpc) is 2.92. The maximum absolute atomic E-state index is 12.4. The molecule has 0 radical (unpaired) electrons. The Balaban J connectivity index is 1.69. The van der Waals surface area contributed by atoms with Crippen LogP contribution in [0.5, 0.6) is 5.75 Å². The highest BCUT2D eigenvalue weighted by Gasteiger charge is 2.18. The second-order valence-electron chi connectivity index (χ2n) is 5.14. The van der Waals surface area contributed by atoms with Crippen molar-refractivity contribution in [1.82, 2.24) is 0 Å². The SMILES string of the molecule is O=C(Oc1ccc2ccccc2c1)c1sc2ccccc2c1Cl. The van der Waals surface area contributed by atoms with Gasteiger partial charge in [-0.2, -0.15) is 0 Å². The lowest BCUT2D eigenvalue weighted by Gasteiger charge is -2.05. The maximum atomic E-state index is 12.4. The largest absolute Gasteiger partial charge is 0.422 e. The molecule has 1 heterocycles. The summed E-state index contributed by atoms with van der Waals surface area (Å²) in [4.78, 5) is 12.9. The highest BCUT2D eigenvalue weighted by molar-refractivity contribution is 7.21. The molecule has 0 N–H and O–H groups in total. The zero-order valence-electron chi connectivity index (χ0n) is 12.0. The molecule has 23 heavy (non-hydrogen) atoms. The molecule has 0 spiro atoms. The Bertz CT molecular complexity index is 1040. The monoisotopic (exact) mass is 338 g/mol. The minimum Gasteiger partial charge on any atom is -0.422 e. The second kappa shape index (κ2) is 5.69. The van der Waals surface area contributed by atoms with E-state index in [1.165, 1.54) is 11.3 Å². The van der Waals surface area contributed by atoms with Gasteiger partial charge in [0.05, 0.1) is 5.02 Å². The minimum absolute atomic E-state index is 0.425. The molecule has 0 aliphatic rings. The van der Waals surface area contributed by atoms with Crippen LogP contribution in [0.4, 0.5) is 0 Å². The van der Waals surface area contributed by atoms with Crippen LogP contribution in [-0.2, 0) is 0 Å². The van der Waals surface area contributed by atoms with Crippen molar-refractivity contribution in [3.8, 4) is 5.75 Å². The predicted molar refractivity (Wildman–Crippen MR) is 95.7 cm³/mol. The Morgan fingerprint density at radius 1 is 0.913 bits per heavy atom. The number of thiophene rings is 1. The Labute approximate surface area is 141 Å². The topological polar surface area (TPSA) is 26.3 Å². The first-order valence-electron chi connectivity index (χ1n) is 7.10. The van der Waals surface area contributed by atoms with Gasteiger partial charge in [0.1, 0.15) is 10.6 Å².